The Kier molecular flexibility index (Phi) is 5.84. The average Bonchev–Trinajstić information content (AvgIpc) is 2.66. The number of aromatic nitrogens is 1. The van der Waals surface area contributed by atoms with E-state index in [0.29, 0.717) is 0 Å². The Morgan fingerprint density at radius 1 is 0.759 bits per heavy atom. The fourth-order valence-electron chi connectivity index (χ4n) is 3.32. The lowest BCUT2D eigenvalue weighted by atomic mass is 9.80. The lowest BCUT2D eigenvalue weighted by Gasteiger charge is -2.30. The van der Waals surface area contributed by atoms with Crippen molar-refractivity contribution >= 4 is 11.5 Å². The molecule has 152 valence electrons. The van der Waals surface area contributed by atoms with Gasteiger partial charge >= 0.3 is 0 Å². The Hall–Kier alpha value is -2.61. The molecule has 0 saturated carbocycles. The first-order chi connectivity index (χ1) is 13.5. The molecule has 0 aliphatic heterocycles. The molecule has 1 heterocycles. The zero-order valence-electron chi connectivity index (χ0n) is 19.0. The van der Waals surface area contributed by atoms with Gasteiger partial charge in [-0.2, -0.15) is 0 Å². The molecule has 0 aliphatic carbocycles. The molecular formula is C27H34N2. The fourth-order valence-corrected chi connectivity index (χ4v) is 3.32. The SMILES string of the molecule is Cc1ccc(N(Cc2ccccc2)c2cc(C(C)(C)C)cc(C(C)(C)C)c2)nc1. The van der Waals surface area contributed by atoms with Crippen molar-refractivity contribution in [3.63, 3.8) is 0 Å². The third-order valence-corrected chi connectivity index (χ3v) is 5.32. The standard InChI is InChI=1S/C27H34N2/c1-20-13-14-25(28-18-20)29(19-21-11-9-8-10-12-21)24-16-22(26(2,3)4)15-23(17-24)27(5,6)7/h8-18H,19H2,1-7H3. The van der Waals surface area contributed by atoms with Gasteiger partial charge in [0.1, 0.15) is 5.82 Å². The van der Waals surface area contributed by atoms with E-state index in [2.05, 4.69) is 114 Å². The minimum Gasteiger partial charge on any atom is -0.322 e. The number of aryl methyl sites for hydroxylation is 1. The molecule has 0 fully saturated rings. The summed E-state index contributed by atoms with van der Waals surface area (Å²) >= 11 is 0. The largest absolute Gasteiger partial charge is 0.322 e. The van der Waals surface area contributed by atoms with E-state index in [0.717, 1.165) is 12.4 Å². The smallest absolute Gasteiger partial charge is 0.133 e. The van der Waals surface area contributed by atoms with Gasteiger partial charge in [-0.1, -0.05) is 84.0 Å². The van der Waals surface area contributed by atoms with Gasteiger partial charge in [-0.25, -0.2) is 4.98 Å². The number of nitrogens with zero attached hydrogens (tertiary/aromatic N) is 2. The van der Waals surface area contributed by atoms with Crippen LogP contribution in [0.5, 0.6) is 0 Å². The highest BCUT2D eigenvalue weighted by Crippen LogP contribution is 2.36. The highest BCUT2D eigenvalue weighted by Gasteiger charge is 2.23. The van der Waals surface area contributed by atoms with Crippen molar-refractivity contribution in [3.05, 3.63) is 89.1 Å². The fraction of sp³-hybridized carbons (Fsp3) is 0.370. The highest BCUT2D eigenvalue weighted by atomic mass is 15.2. The normalized spacial score (nSPS) is 12.1. The predicted molar refractivity (Wildman–Crippen MR) is 125 cm³/mol. The number of rotatable bonds is 4. The van der Waals surface area contributed by atoms with Crippen molar-refractivity contribution in [1.82, 2.24) is 4.98 Å². The van der Waals surface area contributed by atoms with Crippen LogP contribution in [0.2, 0.25) is 0 Å². The second-order valence-corrected chi connectivity index (χ2v) is 10.0. The predicted octanol–water partition coefficient (Wildman–Crippen LogP) is 7.32. The van der Waals surface area contributed by atoms with Gasteiger partial charge < -0.3 is 4.90 Å². The van der Waals surface area contributed by atoms with Crippen LogP contribution in [0.3, 0.4) is 0 Å². The van der Waals surface area contributed by atoms with Crippen LogP contribution in [0.25, 0.3) is 0 Å². The Balaban J connectivity index is 2.17. The highest BCUT2D eigenvalue weighted by molar-refractivity contribution is 5.63. The maximum atomic E-state index is 4.76. The van der Waals surface area contributed by atoms with Crippen LogP contribution in [0, 0.1) is 6.92 Å². The summed E-state index contributed by atoms with van der Waals surface area (Å²) in [5.74, 6) is 0.977. The van der Waals surface area contributed by atoms with Crippen LogP contribution >= 0.6 is 0 Å². The molecule has 0 spiro atoms. The second-order valence-electron chi connectivity index (χ2n) is 10.0. The molecule has 2 nitrogen and oxygen atoms in total. The summed E-state index contributed by atoms with van der Waals surface area (Å²) in [6, 6.07) is 21.9. The summed E-state index contributed by atoms with van der Waals surface area (Å²) in [5.41, 5.74) is 6.50. The lowest BCUT2D eigenvalue weighted by molar-refractivity contribution is 0.568. The number of pyridine rings is 1. The van der Waals surface area contributed by atoms with E-state index in [1.165, 1.54) is 27.9 Å². The topological polar surface area (TPSA) is 16.1 Å². The van der Waals surface area contributed by atoms with Gasteiger partial charge in [0, 0.05) is 18.4 Å². The first-order valence-electron chi connectivity index (χ1n) is 10.4. The van der Waals surface area contributed by atoms with Crippen molar-refractivity contribution < 1.29 is 0 Å². The molecule has 0 N–H and O–H groups in total. The van der Waals surface area contributed by atoms with Crippen LogP contribution in [-0.2, 0) is 17.4 Å². The van der Waals surface area contributed by atoms with Crippen molar-refractivity contribution in [2.24, 2.45) is 0 Å². The maximum absolute atomic E-state index is 4.76. The molecule has 1 aromatic heterocycles. The van der Waals surface area contributed by atoms with Crippen LogP contribution in [-0.4, -0.2) is 4.98 Å². The van der Waals surface area contributed by atoms with Gasteiger partial charge in [0.05, 0.1) is 0 Å². The van der Waals surface area contributed by atoms with E-state index in [-0.39, 0.29) is 10.8 Å². The molecule has 3 rings (SSSR count). The van der Waals surface area contributed by atoms with E-state index in [1.807, 2.05) is 6.20 Å². The molecule has 0 saturated heterocycles. The summed E-state index contributed by atoms with van der Waals surface area (Å²) < 4.78 is 0. The quantitative estimate of drug-likeness (QED) is 0.467. The van der Waals surface area contributed by atoms with E-state index < -0.39 is 0 Å². The minimum absolute atomic E-state index is 0.0785. The Morgan fingerprint density at radius 2 is 1.34 bits per heavy atom. The van der Waals surface area contributed by atoms with E-state index in [9.17, 15) is 0 Å². The number of hydrogen-bond donors (Lipinski definition) is 0. The Labute approximate surface area is 176 Å². The Bertz CT molecular complexity index is 910. The number of anilines is 2. The summed E-state index contributed by atoms with van der Waals surface area (Å²) in [6.45, 7) is 16.6. The van der Waals surface area contributed by atoms with Gasteiger partial charge in [-0.15, -0.1) is 0 Å². The molecule has 29 heavy (non-hydrogen) atoms. The molecular weight excluding hydrogens is 352 g/mol. The van der Waals surface area contributed by atoms with Crippen LogP contribution < -0.4 is 4.90 Å². The van der Waals surface area contributed by atoms with E-state index in [1.54, 1.807) is 0 Å². The minimum atomic E-state index is 0.0785. The number of benzene rings is 2. The molecule has 2 aromatic carbocycles. The van der Waals surface area contributed by atoms with E-state index in [4.69, 9.17) is 4.98 Å². The van der Waals surface area contributed by atoms with Gasteiger partial charge in [0.25, 0.3) is 0 Å². The third-order valence-electron chi connectivity index (χ3n) is 5.32. The van der Waals surface area contributed by atoms with Crippen molar-refractivity contribution in [2.45, 2.75) is 65.8 Å². The molecule has 0 bridgehead atoms. The molecule has 3 aromatic rings. The molecule has 0 amide bonds. The second kappa shape index (κ2) is 8.02. The summed E-state index contributed by atoms with van der Waals surface area (Å²) in [4.78, 5) is 7.09. The van der Waals surface area contributed by atoms with E-state index >= 15 is 0 Å². The van der Waals surface area contributed by atoms with Gasteiger partial charge in [-0.05, 0) is 58.2 Å². The molecule has 0 unspecified atom stereocenters. The first kappa shape index (κ1) is 21.1. The van der Waals surface area contributed by atoms with Crippen LogP contribution in [0.1, 0.15) is 63.8 Å². The van der Waals surface area contributed by atoms with Gasteiger partial charge in [-0.3, -0.25) is 0 Å². The zero-order valence-corrected chi connectivity index (χ0v) is 19.0. The Morgan fingerprint density at radius 3 is 1.83 bits per heavy atom. The molecule has 0 aliphatic rings. The third kappa shape index (κ3) is 5.26. The molecule has 2 heteroatoms. The summed E-state index contributed by atoms with van der Waals surface area (Å²) in [7, 11) is 0. The summed E-state index contributed by atoms with van der Waals surface area (Å²) in [6.07, 6.45) is 1.95. The monoisotopic (exact) mass is 386 g/mol. The van der Waals surface area contributed by atoms with Crippen LogP contribution in [0.15, 0.2) is 66.9 Å². The van der Waals surface area contributed by atoms with Crippen molar-refractivity contribution in [2.75, 3.05) is 4.90 Å². The first-order valence-corrected chi connectivity index (χ1v) is 10.4. The average molecular weight is 387 g/mol. The molecule has 0 atom stereocenters. The van der Waals surface area contributed by atoms with Gasteiger partial charge in [0.15, 0.2) is 0 Å². The maximum Gasteiger partial charge on any atom is 0.133 e. The molecule has 0 radical (unpaired) electrons. The zero-order chi connectivity index (χ0) is 21.2. The van der Waals surface area contributed by atoms with Gasteiger partial charge in [0.2, 0.25) is 0 Å². The summed E-state index contributed by atoms with van der Waals surface area (Å²) in [5, 5.41) is 0. The van der Waals surface area contributed by atoms with Crippen molar-refractivity contribution in [1.29, 1.82) is 0 Å². The van der Waals surface area contributed by atoms with Crippen LogP contribution in [0.4, 0.5) is 11.5 Å². The van der Waals surface area contributed by atoms with Crippen molar-refractivity contribution in [3.8, 4) is 0 Å². The lowest BCUT2D eigenvalue weighted by Crippen LogP contribution is -2.22. The number of hydrogen-bond acceptors (Lipinski definition) is 2.